The van der Waals surface area contributed by atoms with E-state index in [1.165, 1.54) is 18.3 Å². The van der Waals surface area contributed by atoms with Crippen LogP contribution < -0.4 is 0 Å². The summed E-state index contributed by atoms with van der Waals surface area (Å²) >= 11 is 1.03. The lowest BCUT2D eigenvalue weighted by Crippen LogP contribution is -2.38. The maximum Gasteiger partial charge on any atom is 0.416 e. The quantitative estimate of drug-likeness (QED) is 0.832. The summed E-state index contributed by atoms with van der Waals surface area (Å²) in [7, 11) is 0. The van der Waals surface area contributed by atoms with Crippen molar-refractivity contribution < 1.29 is 18.0 Å². The van der Waals surface area contributed by atoms with E-state index in [-0.39, 0.29) is 11.9 Å². The molecule has 0 spiro atoms. The van der Waals surface area contributed by atoms with Gasteiger partial charge < -0.3 is 4.90 Å². The zero-order valence-electron chi connectivity index (χ0n) is 12.1. The number of nitrogens with zero attached hydrogens (tertiary/aromatic N) is 3. The number of alkyl halides is 3. The Bertz CT molecular complexity index is 670. The third-order valence-electron chi connectivity index (χ3n) is 3.96. The summed E-state index contributed by atoms with van der Waals surface area (Å²) in [6.07, 6.45) is -0.366. The molecule has 1 aliphatic heterocycles. The molecular formula is C15H14F3N3OS. The third kappa shape index (κ3) is 3.36. The minimum absolute atomic E-state index is 0.162. The molecule has 0 aliphatic carbocycles. The Hall–Kier alpha value is -1.96. The number of likely N-dealkylation sites (tertiary alicyclic amines) is 1. The summed E-state index contributed by atoms with van der Waals surface area (Å²) in [4.78, 5) is 14.7. The molecule has 23 heavy (non-hydrogen) atoms. The van der Waals surface area contributed by atoms with Crippen LogP contribution in [0.1, 0.15) is 46.1 Å². The topological polar surface area (TPSA) is 46.1 Å². The lowest BCUT2D eigenvalue weighted by Gasteiger charge is -2.35. The van der Waals surface area contributed by atoms with E-state index in [4.69, 9.17) is 0 Å². The largest absolute Gasteiger partial charge is 0.416 e. The van der Waals surface area contributed by atoms with Crippen LogP contribution in [0.2, 0.25) is 0 Å². The first-order valence-corrected chi connectivity index (χ1v) is 7.99. The predicted molar refractivity (Wildman–Crippen MR) is 79.0 cm³/mol. The molecule has 1 aromatic heterocycles. The summed E-state index contributed by atoms with van der Waals surface area (Å²) in [5, 5.41) is 3.67. The number of piperidine rings is 1. The highest BCUT2D eigenvalue weighted by molar-refractivity contribution is 7.07. The molecule has 0 saturated carbocycles. The molecule has 8 heteroatoms. The smallest absolute Gasteiger partial charge is 0.331 e. The van der Waals surface area contributed by atoms with Crippen LogP contribution in [0.5, 0.6) is 0 Å². The van der Waals surface area contributed by atoms with Gasteiger partial charge in [0, 0.05) is 6.54 Å². The lowest BCUT2D eigenvalue weighted by molar-refractivity contribution is -0.137. The lowest BCUT2D eigenvalue weighted by atomic mass is 9.94. The normalized spacial score (nSPS) is 18.9. The van der Waals surface area contributed by atoms with Crippen molar-refractivity contribution in [2.45, 2.75) is 31.5 Å². The van der Waals surface area contributed by atoms with Crippen LogP contribution in [-0.2, 0) is 6.18 Å². The molecular weight excluding hydrogens is 327 g/mol. The second-order valence-corrected chi connectivity index (χ2v) is 6.20. The predicted octanol–water partition coefficient (Wildman–Crippen LogP) is 3.92. The van der Waals surface area contributed by atoms with Crippen molar-refractivity contribution in [1.29, 1.82) is 0 Å². The maximum absolute atomic E-state index is 12.7. The van der Waals surface area contributed by atoms with Crippen molar-refractivity contribution in [3.63, 3.8) is 0 Å². The fourth-order valence-electron chi connectivity index (χ4n) is 2.82. The van der Waals surface area contributed by atoms with E-state index in [9.17, 15) is 18.0 Å². The van der Waals surface area contributed by atoms with Gasteiger partial charge in [0.25, 0.3) is 5.91 Å². The van der Waals surface area contributed by atoms with E-state index in [1.54, 1.807) is 4.90 Å². The number of hydrogen-bond donors (Lipinski definition) is 0. The molecule has 1 saturated heterocycles. The van der Waals surface area contributed by atoms with Crippen LogP contribution in [-0.4, -0.2) is 26.9 Å². The molecule has 0 N–H and O–H groups in total. The number of aromatic nitrogens is 2. The molecule has 0 unspecified atom stereocenters. The van der Waals surface area contributed by atoms with Crippen molar-refractivity contribution in [1.82, 2.24) is 14.5 Å². The van der Waals surface area contributed by atoms with Gasteiger partial charge in [-0.1, -0.05) is 16.6 Å². The van der Waals surface area contributed by atoms with Crippen LogP contribution >= 0.6 is 11.5 Å². The SMILES string of the molecule is O=C(c1cnns1)N1CCCC[C@H]1c1ccc(C(F)(F)F)cc1. The minimum Gasteiger partial charge on any atom is -0.331 e. The van der Waals surface area contributed by atoms with Crippen LogP contribution in [0.4, 0.5) is 13.2 Å². The Morgan fingerprint density at radius 3 is 2.57 bits per heavy atom. The molecule has 2 aromatic rings. The fraction of sp³-hybridized carbons (Fsp3) is 0.400. The number of amides is 1. The van der Waals surface area contributed by atoms with Crippen molar-refractivity contribution in [2.24, 2.45) is 0 Å². The molecule has 3 rings (SSSR count). The molecule has 1 atom stereocenters. The monoisotopic (exact) mass is 341 g/mol. The summed E-state index contributed by atoms with van der Waals surface area (Å²) in [5.41, 5.74) is 0.0464. The molecule has 0 bridgehead atoms. The zero-order chi connectivity index (χ0) is 16.4. The highest BCUT2D eigenvalue weighted by Gasteiger charge is 2.32. The average Bonchev–Trinajstić information content (AvgIpc) is 3.08. The van der Waals surface area contributed by atoms with Gasteiger partial charge in [0.2, 0.25) is 0 Å². The fourth-order valence-corrected chi connectivity index (χ4v) is 3.29. The summed E-state index contributed by atoms with van der Waals surface area (Å²) < 4.78 is 41.7. The number of hydrogen-bond acceptors (Lipinski definition) is 4. The van der Waals surface area contributed by atoms with Crippen molar-refractivity contribution in [3.8, 4) is 0 Å². The number of carbonyl (C=O) groups is 1. The second-order valence-electron chi connectivity index (χ2n) is 5.41. The van der Waals surface area contributed by atoms with Gasteiger partial charge in [-0.05, 0) is 48.5 Å². The van der Waals surface area contributed by atoms with E-state index in [2.05, 4.69) is 9.59 Å². The van der Waals surface area contributed by atoms with Crippen molar-refractivity contribution >= 4 is 17.4 Å². The number of carbonyl (C=O) groups excluding carboxylic acids is 1. The number of halogens is 3. The van der Waals surface area contributed by atoms with E-state index >= 15 is 0 Å². The molecule has 2 heterocycles. The average molecular weight is 341 g/mol. The third-order valence-corrected chi connectivity index (χ3v) is 4.61. The van der Waals surface area contributed by atoms with Gasteiger partial charge in [-0.2, -0.15) is 13.2 Å². The van der Waals surface area contributed by atoms with Gasteiger partial charge in [0.05, 0.1) is 17.8 Å². The van der Waals surface area contributed by atoms with Crippen molar-refractivity contribution in [3.05, 3.63) is 46.5 Å². The Labute approximate surface area is 135 Å². The number of rotatable bonds is 2. The Balaban J connectivity index is 1.85. The molecule has 122 valence electrons. The summed E-state index contributed by atoms with van der Waals surface area (Å²) in [5.74, 6) is -0.162. The van der Waals surface area contributed by atoms with Gasteiger partial charge >= 0.3 is 6.18 Å². The van der Waals surface area contributed by atoms with Crippen molar-refractivity contribution in [2.75, 3.05) is 6.54 Å². The highest BCUT2D eigenvalue weighted by atomic mass is 32.1. The highest BCUT2D eigenvalue weighted by Crippen LogP contribution is 2.35. The van der Waals surface area contributed by atoms with Gasteiger partial charge in [0.1, 0.15) is 4.88 Å². The zero-order valence-corrected chi connectivity index (χ0v) is 12.9. The maximum atomic E-state index is 12.7. The first-order chi connectivity index (χ1) is 11.0. The number of benzene rings is 1. The van der Waals surface area contributed by atoms with Crippen LogP contribution in [0.15, 0.2) is 30.5 Å². The van der Waals surface area contributed by atoms with Gasteiger partial charge in [-0.15, -0.1) is 5.10 Å². The van der Waals surface area contributed by atoms with Gasteiger partial charge in [-0.3, -0.25) is 4.79 Å². The van der Waals surface area contributed by atoms with Gasteiger partial charge in [-0.25, -0.2) is 0 Å². The van der Waals surface area contributed by atoms with Gasteiger partial charge in [0.15, 0.2) is 0 Å². The Morgan fingerprint density at radius 1 is 1.22 bits per heavy atom. The molecule has 4 nitrogen and oxygen atoms in total. The van der Waals surface area contributed by atoms with Crippen LogP contribution in [0.25, 0.3) is 0 Å². The molecule has 1 fully saturated rings. The van der Waals surface area contributed by atoms with Crippen LogP contribution in [0.3, 0.4) is 0 Å². The standard InChI is InChI=1S/C15H14F3N3OS/c16-15(17,18)11-6-4-10(5-7-11)12-3-1-2-8-21(12)14(22)13-9-19-20-23-13/h4-7,9,12H,1-3,8H2/t12-/m0/s1. The summed E-state index contributed by atoms with van der Waals surface area (Å²) in [6.45, 7) is 0.586. The second kappa shape index (κ2) is 6.27. The minimum atomic E-state index is -4.35. The Kier molecular flexibility index (Phi) is 4.34. The van der Waals surface area contributed by atoms with E-state index in [0.717, 1.165) is 48.5 Å². The molecule has 1 aromatic carbocycles. The Morgan fingerprint density at radius 2 is 1.96 bits per heavy atom. The molecule has 1 aliphatic rings. The first-order valence-electron chi connectivity index (χ1n) is 7.22. The molecule has 0 radical (unpaired) electrons. The van der Waals surface area contributed by atoms with E-state index in [1.807, 2.05) is 0 Å². The van der Waals surface area contributed by atoms with Crippen LogP contribution in [0, 0.1) is 0 Å². The molecule has 1 amide bonds. The first kappa shape index (κ1) is 15.9. The van der Waals surface area contributed by atoms with E-state index < -0.39 is 11.7 Å². The summed E-state index contributed by atoms with van der Waals surface area (Å²) in [6, 6.07) is 4.86. The van der Waals surface area contributed by atoms with E-state index in [0.29, 0.717) is 11.4 Å².